The molecule has 0 bridgehead atoms. The number of benzene rings is 2. The van der Waals surface area contributed by atoms with Crippen LogP contribution < -0.4 is 5.73 Å². The SMILES string of the molecule is CCCN(C[C@@H](O)[C@@H](N)Cc1ccccc1)S(=O)(=O)c1ccc([N+](=O)[O-])cc1. The number of aliphatic hydroxyl groups is 1. The molecule has 8 nitrogen and oxygen atoms in total. The summed E-state index contributed by atoms with van der Waals surface area (Å²) in [5, 5.41) is 21.3. The summed E-state index contributed by atoms with van der Waals surface area (Å²) in [4.78, 5) is 10.1. The molecule has 152 valence electrons. The van der Waals surface area contributed by atoms with Crippen molar-refractivity contribution in [3.05, 3.63) is 70.3 Å². The summed E-state index contributed by atoms with van der Waals surface area (Å²) in [6, 6.07) is 13.5. The van der Waals surface area contributed by atoms with Crippen LogP contribution in [-0.4, -0.2) is 48.0 Å². The molecule has 0 amide bonds. The molecule has 9 heteroatoms. The number of rotatable bonds is 10. The van der Waals surface area contributed by atoms with E-state index in [1.807, 2.05) is 37.3 Å². The van der Waals surface area contributed by atoms with E-state index < -0.39 is 27.1 Å². The second-order valence-electron chi connectivity index (χ2n) is 6.53. The minimum absolute atomic E-state index is 0.0598. The van der Waals surface area contributed by atoms with E-state index in [-0.39, 0.29) is 23.7 Å². The van der Waals surface area contributed by atoms with Gasteiger partial charge in [0.15, 0.2) is 0 Å². The van der Waals surface area contributed by atoms with Crippen LogP contribution in [0, 0.1) is 10.1 Å². The molecule has 28 heavy (non-hydrogen) atoms. The topological polar surface area (TPSA) is 127 Å². The van der Waals surface area contributed by atoms with Gasteiger partial charge in [0, 0.05) is 31.3 Å². The number of nitro benzene ring substituents is 1. The molecular formula is C19H25N3O5S. The number of hydrogen-bond acceptors (Lipinski definition) is 6. The van der Waals surface area contributed by atoms with Crippen LogP contribution in [-0.2, 0) is 16.4 Å². The lowest BCUT2D eigenvalue weighted by Gasteiger charge is -2.27. The second-order valence-corrected chi connectivity index (χ2v) is 8.47. The molecule has 2 aromatic carbocycles. The van der Waals surface area contributed by atoms with Crippen molar-refractivity contribution in [1.29, 1.82) is 0 Å². The highest BCUT2D eigenvalue weighted by molar-refractivity contribution is 7.89. The Morgan fingerprint density at radius 1 is 1.14 bits per heavy atom. The summed E-state index contributed by atoms with van der Waals surface area (Å²) in [5.41, 5.74) is 6.85. The third-order valence-electron chi connectivity index (χ3n) is 4.36. The molecule has 0 aliphatic carbocycles. The molecule has 0 saturated carbocycles. The van der Waals surface area contributed by atoms with Gasteiger partial charge in [0.25, 0.3) is 5.69 Å². The average Bonchev–Trinajstić information content (AvgIpc) is 2.68. The summed E-state index contributed by atoms with van der Waals surface area (Å²) in [5.74, 6) is 0. The van der Waals surface area contributed by atoms with Gasteiger partial charge in [-0.2, -0.15) is 4.31 Å². The Kier molecular flexibility index (Phi) is 7.64. The highest BCUT2D eigenvalue weighted by Gasteiger charge is 2.28. The van der Waals surface area contributed by atoms with Crippen molar-refractivity contribution in [2.24, 2.45) is 5.73 Å². The standard InChI is InChI=1S/C19H25N3O5S/c1-2-12-21(14-19(23)18(20)13-15-6-4-3-5-7-15)28(26,27)17-10-8-16(9-11-17)22(24)25/h3-11,18-19,23H,2,12-14,20H2,1H3/t18-,19+/m0/s1. The van der Waals surface area contributed by atoms with Gasteiger partial charge >= 0.3 is 0 Å². The van der Waals surface area contributed by atoms with Crippen LogP contribution in [0.3, 0.4) is 0 Å². The monoisotopic (exact) mass is 407 g/mol. The van der Waals surface area contributed by atoms with Gasteiger partial charge in [-0.25, -0.2) is 8.42 Å². The van der Waals surface area contributed by atoms with Crippen molar-refractivity contribution in [2.75, 3.05) is 13.1 Å². The maximum atomic E-state index is 12.9. The van der Waals surface area contributed by atoms with Crippen molar-refractivity contribution >= 4 is 15.7 Å². The molecule has 0 aliphatic heterocycles. The normalized spacial score (nSPS) is 14.0. The summed E-state index contributed by atoms with van der Waals surface area (Å²) < 4.78 is 27.0. The number of nitrogens with zero attached hydrogens (tertiary/aromatic N) is 2. The molecule has 0 saturated heterocycles. The van der Waals surface area contributed by atoms with Crippen molar-refractivity contribution in [1.82, 2.24) is 4.31 Å². The fourth-order valence-corrected chi connectivity index (χ4v) is 4.36. The first kappa shape index (κ1) is 22.0. The molecule has 2 rings (SSSR count). The maximum Gasteiger partial charge on any atom is 0.269 e. The van der Waals surface area contributed by atoms with E-state index in [0.717, 1.165) is 17.7 Å². The predicted octanol–water partition coefficient (Wildman–Crippen LogP) is 1.93. The van der Waals surface area contributed by atoms with Crippen LogP contribution in [0.5, 0.6) is 0 Å². The molecular weight excluding hydrogens is 382 g/mol. The van der Waals surface area contributed by atoms with Gasteiger partial charge in [-0.1, -0.05) is 37.3 Å². The molecule has 0 fully saturated rings. The molecule has 0 unspecified atom stereocenters. The van der Waals surface area contributed by atoms with Gasteiger partial charge in [-0.05, 0) is 30.5 Å². The van der Waals surface area contributed by atoms with Gasteiger partial charge in [0.1, 0.15) is 0 Å². The van der Waals surface area contributed by atoms with E-state index in [4.69, 9.17) is 5.73 Å². The number of nitrogens with two attached hydrogens (primary N) is 1. The Labute approximate surface area is 164 Å². The van der Waals surface area contributed by atoms with Crippen LogP contribution in [0.1, 0.15) is 18.9 Å². The molecule has 0 radical (unpaired) electrons. The van der Waals surface area contributed by atoms with Gasteiger partial charge in [-0.3, -0.25) is 10.1 Å². The zero-order chi connectivity index (χ0) is 20.7. The fraction of sp³-hybridized carbons (Fsp3) is 0.368. The number of aliphatic hydroxyl groups excluding tert-OH is 1. The first-order valence-electron chi connectivity index (χ1n) is 8.98. The predicted molar refractivity (Wildman–Crippen MR) is 106 cm³/mol. The Bertz CT molecular complexity index is 872. The second kappa shape index (κ2) is 9.74. The molecule has 0 aliphatic rings. The van der Waals surface area contributed by atoms with E-state index in [9.17, 15) is 23.6 Å². The molecule has 0 aromatic heterocycles. The van der Waals surface area contributed by atoms with Crippen molar-refractivity contribution in [3.8, 4) is 0 Å². The van der Waals surface area contributed by atoms with E-state index in [2.05, 4.69) is 0 Å². The van der Waals surface area contributed by atoms with Crippen molar-refractivity contribution in [3.63, 3.8) is 0 Å². The van der Waals surface area contributed by atoms with Crippen LogP contribution in [0.15, 0.2) is 59.5 Å². The Hall–Kier alpha value is -2.33. The first-order valence-corrected chi connectivity index (χ1v) is 10.4. The number of sulfonamides is 1. The fourth-order valence-electron chi connectivity index (χ4n) is 2.81. The smallest absolute Gasteiger partial charge is 0.269 e. The van der Waals surface area contributed by atoms with Crippen molar-refractivity contribution < 1.29 is 18.4 Å². The van der Waals surface area contributed by atoms with Gasteiger partial charge in [0.05, 0.1) is 15.9 Å². The lowest BCUT2D eigenvalue weighted by molar-refractivity contribution is -0.384. The van der Waals surface area contributed by atoms with Crippen LogP contribution in [0.25, 0.3) is 0 Å². The lowest BCUT2D eigenvalue weighted by Crippen LogP contribution is -2.46. The Morgan fingerprint density at radius 3 is 2.29 bits per heavy atom. The highest BCUT2D eigenvalue weighted by Crippen LogP contribution is 2.20. The van der Waals surface area contributed by atoms with Gasteiger partial charge < -0.3 is 10.8 Å². The highest BCUT2D eigenvalue weighted by atomic mass is 32.2. The molecule has 0 heterocycles. The minimum Gasteiger partial charge on any atom is -0.390 e. The summed E-state index contributed by atoms with van der Waals surface area (Å²) in [7, 11) is -3.91. The first-order chi connectivity index (χ1) is 13.3. The minimum atomic E-state index is -3.91. The summed E-state index contributed by atoms with van der Waals surface area (Å²) in [6.45, 7) is 1.88. The Balaban J connectivity index is 2.15. The molecule has 0 spiro atoms. The summed E-state index contributed by atoms with van der Waals surface area (Å²) >= 11 is 0. The van der Waals surface area contributed by atoms with Crippen LogP contribution in [0.4, 0.5) is 5.69 Å². The van der Waals surface area contributed by atoms with E-state index in [1.54, 1.807) is 0 Å². The van der Waals surface area contributed by atoms with Crippen molar-refractivity contribution in [2.45, 2.75) is 36.8 Å². The zero-order valence-corrected chi connectivity index (χ0v) is 16.5. The third kappa shape index (κ3) is 5.59. The largest absolute Gasteiger partial charge is 0.390 e. The number of non-ortho nitro benzene ring substituents is 1. The van der Waals surface area contributed by atoms with Gasteiger partial charge in [0.2, 0.25) is 10.0 Å². The Morgan fingerprint density at radius 2 is 1.75 bits per heavy atom. The number of hydrogen-bond donors (Lipinski definition) is 2. The van der Waals surface area contributed by atoms with E-state index in [0.29, 0.717) is 12.8 Å². The van der Waals surface area contributed by atoms with E-state index in [1.165, 1.54) is 16.4 Å². The zero-order valence-electron chi connectivity index (χ0n) is 15.6. The van der Waals surface area contributed by atoms with Crippen LogP contribution >= 0.6 is 0 Å². The quantitative estimate of drug-likeness (QED) is 0.458. The number of nitro groups is 1. The van der Waals surface area contributed by atoms with E-state index >= 15 is 0 Å². The third-order valence-corrected chi connectivity index (χ3v) is 6.24. The van der Waals surface area contributed by atoms with Crippen LogP contribution in [0.2, 0.25) is 0 Å². The maximum absolute atomic E-state index is 12.9. The average molecular weight is 407 g/mol. The lowest BCUT2D eigenvalue weighted by atomic mass is 10.0. The molecule has 2 aromatic rings. The summed E-state index contributed by atoms with van der Waals surface area (Å²) in [6.07, 6.45) is -0.0913. The molecule has 3 N–H and O–H groups in total. The molecule has 2 atom stereocenters. The van der Waals surface area contributed by atoms with Gasteiger partial charge in [-0.15, -0.1) is 0 Å².